The first-order valence-corrected chi connectivity index (χ1v) is 10.2. The van der Waals surface area contributed by atoms with Gasteiger partial charge in [0.2, 0.25) is 5.91 Å². The van der Waals surface area contributed by atoms with Gasteiger partial charge in [0, 0.05) is 27.2 Å². The van der Waals surface area contributed by atoms with Crippen LogP contribution >= 0.6 is 0 Å². The Hall–Kier alpha value is -3.17. The lowest BCUT2D eigenvalue weighted by molar-refractivity contribution is -0.138. The number of carbonyl (C=O) groups excluding carboxylic acids is 3. The maximum absolute atomic E-state index is 13.1. The number of carbonyl (C=O) groups is 3. The van der Waals surface area contributed by atoms with Crippen LogP contribution in [0.25, 0.3) is 5.69 Å². The van der Waals surface area contributed by atoms with Crippen LogP contribution in [-0.2, 0) is 15.8 Å². The van der Waals surface area contributed by atoms with Gasteiger partial charge in [-0.25, -0.2) is 4.68 Å². The number of piperidine rings is 1. The number of Topliss-reactive ketones (excluding diaryl/α,β-unsaturated/α-hetero) is 1. The number of amides is 2. The molecule has 3 rings (SSSR count). The largest absolute Gasteiger partial charge is 0.416 e. The summed E-state index contributed by atoms with van der Waals surface area (Å²) in [5, 5.41) is 4.22. The molecule has 10 heteroatoms. The van der Waals surface area contributed by atoms with Gasteiger partial charge in [-0.05, 0) is 44.9 Å². The maximum Gasteiger partial charge on any atom is 0.416 e. The number of aromatic nitrogens is 2. The van der Waals surface area contributed by atoms with Crippen LogP contribution in [0.4, 0.5) is 13.2 Å². The lowest BCUT2D eigenvalue weighted by Gasteiger charge is -2.32. The highest BCUT2D eigenvalue weighted by molar-refractivity contribution is 6.43. The summed E-state index contributed by atoms with van der Waals surface area (Å²) in [7, 11) is 3.28. The predicted octanol–water partition coefficient (Wildman–Crippen LogP) is 3.02. The second-order valence-electron chi connectivity index (χ2n) is 8.16. The van der Waals surface area contributed by atoms with Crippen molar-refractivity contribution in [2.45, 2.75) is 32.9 Å². The molecule has 2 heterocycles. The molecule has 0 radical (unpaired) electrons. The lowest BCUT2D eigenvalue weighted by atomic mass is 9.96. The molecule has 2 aromatic rings. The van der Waals surface area contributed by atoms with E-state index in [1.54, 1.807) is 14.1 Å². The molecule has 1 aromatic heterocycles. The Morgan fingerprint density at radius 1 is 1.16 bits per heavy atom. The molecule has 0 spiro atoms. The van der Waals surface area contributed by atoms with Crippen LogP contribution in [0.1, 0.15) is 40.2 Å². The lowest BCUT2D eigenvalue weighted by Crippen LogP contribution is -2.47. The van der Waals surface area contributed by atoms with Crippen molar-refractivity contribution in [2.75, 3.05) is 27.2 Å². The molecular formula is C22H25F3N4O3. The van der Waals surface area contributed by atoms with Crippen molar-refractivity contribution in [1.29, 1.82) is 0 Å². The number of likely N-dealkylation sites (tertiary alicyclic amines) is 1. The molecule has 0 aliphatic carbocycles. The van der Waals surface area contributed by atoms with Crippen LogP contribution in [0, 0.1) is 19.8 Å². The number of ketones is 1. The SMILES string of the molecule is Cc1nn(-c2cccc(C(F)(F)F)c2)c(C)c1C(=O)C(=O)N1CCC[C@@H](C(=O)N(C)C)C1. The number of alkyl halides is 3. The van der Waals surface area contributed by atoms with Crippen molar-refractivity contribution in [3.05, 3.63) is 46.8 Å². The molecule has 1 aliphatic rings. The zero-order chi connectivity index (χ0) is 23.8. The van der Waals surface area contributed by atoms with Crippen molar-refractivity contribution >= 4 is 17.6 Å². The molecular weight excluding hydrogens is 425 g/mol. The van der Waals surface area contributed by atoms with Crippen LogP contribution in [0.15, 0.2) is 24.3 Å². The summed E-state index contributed by atoms with van der Waals surface area (Å²) in [5.41, 5.74) is -0.110. The Kier molecular flexibility index (Phi) is 6.43. The highest BCUT2D eigenvalue weighted by atomic mass is 19.4. The third-order valence-corrected chi connectivity index (χ3v) is 5.63. The van der Waals surface area contributed by atoms with E-state index in [-0.39, 0.29) is 41.0 Å². The number of rotatable bonds is 4. The molecule has 172 valence electrons. The van der Waals surface area contributed by atoms with E-state index in [1.165, 1.54) is 40.5 Å². The van der Waals surface area contributed by atoms with Gasteiger partial charge in [0.25, 0.3) is 11.7 Å². The van der Waals surface area contributed by atoms with Crippen molar-refractivity contribution in [3.63, 3.8) is 0 Å². The summed E-state index contributed by atoms with van der Waals surface area (Å²) in [6, 6.07) is 4.61. The van der Waals surface area contributed by atoms with Crippen molar-refractivity contribution in [3.8, 4) is 5.69 Å². The van der Waals surface area contributed by atoms with Crippen LogP contribution in [0.2, 0.25) is 0 Å². The Bertz CT molecular complexity index is 1060. The van der Waals surface area contributed by atoms with Crippen LogP contribution in [0.5, 0.6) is 0 Å². The minimum atomic E-state index is -4.52. The molecule has 0 N–H and O–H groups in total. The van der Waals surface area contributed by atoms with Crippen molar-refractivity contribution in [2.24, 2.45) is 5.92 Å². The fourth-order valence-electron chi connectivity index (χ4n) is 4.02. The Morgan fingerprint density at radius 3 is 2.47 bits per heavy atom. The monoisotopic (exact) mass is 450 g/mol. The average molecular weight is 450 g/mol. The first-order valence-electron chi connectivity index (χ1n) is 10.2. The summed E-state index contributed by atoms with van der Waals surface area (Å²) in [6.45, 7) is 3.59. The molecule has 1 atom stereocenters. The molecule has 1 aliphatic heterocycles. The quantitative estimate of drug-likeness (QED) is 0.530. The van der Waals surface area contributed by atoms with Crippen LogP contribution in [0.3, 0.4) is 0 Å². The summed E-state index contributed by atoms with van der Waals surface area (Å²) in [6.07, 6.45) is -3.28. The summed E-state index contributed by atoms with van der Waals surface area (Å²) in [5.74, 6) is -1.99. The second kappa shape index (κ2) is 8.76. The summed E-state index contributed by atoms with van der Waals surface area (Å²) in [4.78, 5) is 41.1. The average Bonchev–Trinajstić information content (AvgIpc) is 3.05. The molecule has 2 amide bonds. The number of hydrogen-bond donors (Lipinski definition) is 0. The van der Waals surface area contributed by atoms with Gasteiger partial charge in [0.05, 0.1) is 34.1 Å². The Morgan fingerprint density at radius 2 is 1.84 bits per heavy atom. The third kappa shape index (κ3) is 4.53. The molecule has 1 aromatic carbocycles. The van der Waals surface area contributed by atoms with E-state index in [0.29, 0.717) is 19.4 Å². The van der Waals surface area contributed by atoms with E-state index < -0.39 is 23.4 Å². The molecule has 0 bridgehead atoms. The molecule has 0 saturated carbocycles. The van der Waals surface area contributed by atoms with Crippen molar-refractivity contribution in [1.82, 2.24) is 19.6 Å². The minimum Gasteiger partial charge on any atom is -0.349 e. The first-order chi connectivity index (χ1) is 14.9. The Balaban J connectivity index is 1.88. The third-order valence-electron chi connectivity index (χ3n) is 5.63. The van der Waals surface area contributed by atoms with Gasteiger partial charge >= 0.3 is 6.18 Å². The molecule has 1 fully saturated rings. The highest BCUT2D eigenvalue weighted by Crippen LogP contribution is 2.31. The highest BCUT2D eigenvalue weighted by Gasteiger charge is 2.35. The molecule has 0 unspecified atom stereocenters. The van der Waals surface area contributed by atoms with E-state index in [9.17, 15) is 27.6 Å². The van der Waals surface area contributed by atoms with E-state index in [1.807, 2.05) is 0 Å². The van der Waals surface area contributed by atoms with E-state index >= 15 is 0 Å². The number of aryl methyl sites for hydroxylation is 1. The van der Waals surface area contributed by atoms with E-state index in [2.05, 4.69) is 5.10 Å². The molecule has 7 nitrogen and oxygen atoms in total. The van der Waals surface area contributed by atoms with Gasteiger partial charge in [-0.2, -0.15) is 18.3 Å². The van der Waals surface area contributed by atoms with Crippen molar-refractivity contribution < 1.29 is 27.6 Å². The van der Waals surface area contributed by atoms with Crippen LogP contribution in [-0.4, -0.2) is 64.4 Å². The molecule has 32 heavy (non-hydrogen) atoms. The topological polar surface area (TPSA) is 75.5 Å². The van der Waals surface area contributed by atoms with Gasteiger partial charge < -0.3 is 9.80 Å². The maximum atomic E-state index is 13.1. The first kappa shape index (κ1) is 23.5. The fourth-order valence-corrected chi connectivity index (χ4v) is 4.02. The number of nitrogens with zero attached hydrogens (tertiary/aromatic N) is 4. The van der Waals surface area contributed by atoms with E-state index in [4.69, 9.17) is 0 Å². The Labute approximate surface area is 183 Å². The van der Waals surface area contributed by atoms with Crippen LogP contribution < -0.4 is 0 Å². The number of benzene rings is 1. The van der Waals surface area contributed by atoms with E-state index in [0.717, 1.165) is 12.1 Å². The van der Waals surface area contributed by atoms with Gasteiger partial charge in [-0.1, -0.05) is 6.07 Å². The second-order valence-corrected chi connectivity index (χ2v) is 8.16. The summed E-state index contributed by atoms with van der Waals surface area (Å²) < 4.78 is 40.5. The van der Waals surface area contributed by atoms with Gasteiger partial charge in [0.15, 0.2) is 0 Å². The van der Waals surface area contributed by atoms with Gasteiger partial charge in [-0.15, -0.1) is 0 Å². The van der Waals surface area contributed by atoms with Gasteiger partial charge in [0.1, 0.15) is 0 Å². The normalized spacial score (nSPS) is 16.7. The minimum absolute atomic E-state index is 0.0634. The van der Waals surface area contributed by atoms with Gasteiger partial charge in [-0.3, -0.25) is 14.4 Å². The number of hydrogen-bond acceptors (Lipinski definition) is 4. The predicted molar refractivity (Wildman–Crippen MR) is 110 cm³/mol. The fraction of sp³-hybridized carbons (Fsp3) is 0.455. The summed E-state index contributed by atoms with van der Waals surface area (Å²) >= 11 is 0. The molecule has 1 saturated heterocycles. The zero-order valence-electron chi connectivity index (χ0n) is 18.4. The smallest absolute Gasteiger partial charge is 0.349 e. The standard InChI is InChI=1S/C22H25F3N4O3/c1-13-18(14(2)29(26-13)17-9-5-8-16(11-17)22(23,24)25)19(30)21(32)28-10-6-7-15(12-28)20(31)27(3)4/h5,8-9,11,15H,6-7,10,12H2,1-4H3/t15-/m1/s1. The number of halogens is 3. The zero-order valence-corrected chi connectivity index (χ0v) is 18.4.